The van der Waals surface area contributed by atoms with Crippen LogP contribution in [-0.4, -0.2) is 65.1 Å². The molecular formula is C31H36N2O6S. The molecule has 2 aliphatic rings. The van der Waals surface area contributed by atoms with Crippen LogP contribution in [0.25, 0.3) is 0 Å². The second-order valence-corrected chi connectivity index (χ2v) is 11.0. The quantitative estimate of drug-likeness (QED) is 0.242. The number of unbranched alkanes of at least 4 members (excludes halogenated alkanes) is 1. The summed E-state index contributed by atoms with van der Waals surface area (Å²) >= 11 is 1.56. The van der Waals surface area contributed by atoms with Crippen LogP contribution >= 0.6 is 11.8 Å². The highest BCUT2D eigenvalue weighted by atomic mass is 32.2. The SMILES string of the molecule is COc1ccc(OCCCCN(C)CCCOc2ccc3c(c2)OCO3)c(C2Sc3ccccc3N(C)C2=O)c1. The summed E-state index contributed by atoms with van der Waals surface area (Å²) in [5, 5.41) is -0.393. The van der Waals surface area contributed by atoms with Crippen molar-refractivity contribution in [2.45, 2.75) is 29.4 Å². The van der Waals surface area contributed by atoms with Gasteiger partial charge in [0.1, 0.15) is 22.5 Å². The van der Waals surface area contributed by atoms with Crippen molar-refractivity contribution < 1.29 is 28.5 Å². The Hall–Kier alpha value is -3.56. The summed E-state index contributed by atoms with van der Waals surface area (Å²) in [5.41, 5.74) is 1.78. The number of amides is 1. The van der Waals surface area contributed by atoms with Gasteiger partial charge in [0.25, 0.3) is 0 Å². The van der Waals surface area contributed by atoms with Gasteiger partial charge in [-0.3, -0.25) is 4.79 Å². The zero-order valence-corrected chi connectivity index (χ0v) is 24.1. The highest BCUT2D eigenvalue weighted by molar-refractivity contribution is 8.00. The van der Waals surface area contributed by atoms with Crippen molar-refractivity contribution >= 4 is 23.4 Å². The van der Waals surface area contributed by atoms with Gasteiger partial charge in [-0.15, -0.1) is 11.8 Å². The first-order valence-electron chi connectivity index (χ1n) is 13.6. The molecule has 1 unspecified atom stereocenters. The van der Waals surface area contributed by atoms with E-state index in [0.717, 1.165) is 71.5 Å². The number of likely N-dealkylation sites (N-methyl/N-ethyl adjacent to an activating group) is 1. The standard InChI is InChI=1S/C31H36N2O6S/c1-32(16-8-18-36-23-12-14-27-28(20-23)39-21-38-27)15-6-7-17-37-26-13-11-22(35-3)19-24(26)30-31(34)33(2)25-9-4-5-10-29(25)40-30/h4-5,9-14,19-20,30H,6-8,15-18,21H2,1-3H3. The van der Waals surface area contributed by atoms with Crippen LogP contribution in [0.5, 0.6) is 28.7 Å². The van der Waals surface area contributed by atoms with E-state index >= 15 is 0 Å². The Morgan fingerprint density at radius 3 is 2.58 bits per heavy atom. The maximum absolute atomic E-state index is 13.3. The zero-order valence-electron chi connectivity index (χ0n) is 23.3. The predicted molar refractivity (Wildman–Crippen MR) is 156 cm³/mol. The van der Waals surface area contributed by atoms with Gasteiger partial charge in [-0.2, -0.15) is 0 Å². The molecule has 0 spiro atoms. The minimum absolute atomic E-state index is 0.0333. The third-order valence-corrected chi connectivity index (χ3v) is 8.30. The summed E-state index contributed by atoms with van der Waals surface area (Å²) < 4.78 is 28.3. The molecule has 2 heterocycles. The Morgan fingerprint density at radius 2 is 1.70 bits per heavy atom. The molecule has 0 aliphatic carbocycles. The van der Waals surface area contributed by atoms with Crippen molar-refractivity contribution in [1.82, 2.24) is 4.90 Å². The van der Waals surface area contributed by atoms with E-state index in [2.05, 4.69) is 18.0 Å². The number of ether oxygens (including phenoxy) is 5. The van der Waals surface area contributed by atoms with Crippen LogP contribution in [0.3, 0.4) is 0 Å². The number of carbonyl (C=O) groups excluding carboxylic acids is 1. The molecular weight excluding hydrogens is 528 g/mol. The van der Waals surface area contributed by atoms with Crippen LogP contribution in [0.15, 0.2) is 65.6 Å². The molecule has 1 atom stereocenters. The topological polar surface area (TPSA) is 69.7 Å². The molecule has 0 aromatic heterocycles. The molecule has 1 amide bonds. The fourth-order valence-electron chi connectivity index (χ4n) is 4.76. The summed E-state index contributed by atoms with van der Waals surface area (Å²) in [7, 11) is 5.59. The largest absolute Gasteiger partial charge is 0.497 e. The molecule has 0 fully saturated rings. The fraction of sp³-hybridized carbons (Fsp3) is 0.387. The lowest BCUT2D eigenvalue weighted by atomic mass is 10.1. The first kappa shape index (κ1) is 28.0. The number of carbonyl (C=O) groups is 1. The van der Waals surface area contributed by atoms with Gasteiger partial charge in [0.15, 0.2) is 11.5 Å². The zero-order chi connectivity index (χ0) is 27.9. The van der Waals surface area contributed by atoms with Crippen molar-refractivity contribution in [2.24, 2.45) is 0 Å². The predicted octanol–water partition coefficient (Wildman–Crippen LogP) is 5.79. The van der Waals surface area contributed by atoms with Gasteiger partial charge in [-0.1, -0.05) is 12.1 Å². The average Bonchev–Trinajstić information content (AvgIpc) is 3.45. The van der Waals surface area contributed by atoms with Gasteiger partial charge < -0.3 is 33.5 Å². The van der Waals surface area contributed by atoms with E-state index in [4.69, 9.17) is 23.7 Å². The molecule has 0 N–H and O–H groups in total. The number of para-hydroxylation sites is 1. The lowest BCUT2D eigenvalue weighted by molar-refractivity contribution is -0.118. The Morgan fingerprint density at radius 1 is 0.925 bits per heavy atom. The van der Waals surface area contributed by atoms with Gasteiger partial charge in [0.2, 0.25) is 12.7 Å². The molecule has 3 aromatic rings. The highest BCUT2D eigenvalue weighted by Crippen LogP contribution is 2.48. The second kappa shape index (κ2) is 13.2. The van der Waals surface area contributed by atoms with E-state index < -0.39 is 5.25 Å². The molecule has 0 saturated heterocycles. The number of benzene rings is 3. The lowest BCUT2D eigenvalue weighted by Crippen LogP contribution is -2.33. The number of thioether (sulfide) groups is 1. The van der Waals surface area contributed by atoms with Gasteiger partial charge >= 0.3 is 0 Å². The maximum atomic E-state index is 13.3. The first-order valence-corrected chi connectivity index (χ1v) is 14.5. The van der Waals surface area contributed by atoms with Crippen LogP contribution in [0, 0.1) is 0 Å². The summed E-state index contributed by atoms with van der Waals surface area (Å²) in [6.45, 7) is 3.41. The average molecular weight is 565 g/mol. The van der Waals surface area contributed by atoms with E-state index in [1.807, 2.05) is 61.6 Å². The summed E-state index contributed by atoms with van der Waals surface area (Å²) in [4.78, 5) is 18.4. The minimum atomic E-state index is -0.393. The summed E-state index contributed by atoms with van der Waals surface area (Å²) in [6.07, 6.45) is 2.86. The van der Waals surface area contributed by atoms with Crippen LogP contribution < -0.4 is 28.6 Å². The molecule has 0 radical (unpaired) electrons. The Kier molecular flexibility index (Phi) is 9.23. The smallest absolute Gasteiger partial charge is 0.244 e. The normalized spacial score (nSPS) is 15.8. The Labute approximate surface area is 240 Å². The second-order valence-electron chi connectivity index (χ2n) is 9.84. The number of hydrogen-bond donors (Lipinski definition) is 0. The van der Waals surface area contributed by atoms with Crippen molar-refractivity contribution in [2.75, 3.05) is 59.2 Å². The molecule has 3 aromatic carbocycles. The minimum Gasteiger partial charge on any atom is -0.497 e. The molecule has 0 saturated carbocycles. The van der Waals surface area contributed by atoms with Crippen molar-refractivity contribution in [3.05, 3.63) is 66.2 Å². The maximum Gasteiger partial charge on any atom is 0.244 e. The van der Waals surface area contributed by atoms with Crippen LogP contribution in [0.2, 0.25) is 0 Å². The van der Waals surface area contributed by atoms with E-state index in [1.54, 1.807) is 23.8 Å². The summed E-state index contributed by atoms with van der Waals surface area (Å²) in [6, 6.07) is 19.4. The number of rotatable bonds is 13. The van der Waals surface area contributed by atoms with Gasteiger partial charge in [-0.25, -0.2) is 0 Å². The lowest BCUT2D eigenvalue weighted by Gasteiger charge is -2.32. The van der Waals surface area contributed by atoms with E-state index in [9.17, 15) is 4.79 Å². The molecule has 40 heavy (non-hydrogen) atoms. The van der Waals surface area contributed by atoms with Crippen molar-refractivity contribution in [3.63, 3.8) is 0 Å². The van der Waals surface area contributed by atoms with Crippen molar-refractivity contribution in [3.8, 4) is 28.7 Å². The highest BCUT2D eigenvalue weighted by Gasteiger charge is 2.34. The van der Waals surface area contributed by atoms with Crippen LogP contribution in [-0.2, 0) is 4.79 Å². The Balaban J connectivity index is 1.07. The molecule has 0 bridgehead atoms. The number of hydrogen-bond acceptors (Lipinski definition) is 8. The van der Waals surface area contributed by atoms with Crippen molar-refractivity contribution in [1.29, 1.82) is 0 Å². The molecule has 5 rings (SSSR count). The fourth-order valence-corrected chi connectivity index (χ4v) is 6.07. The van der Waals surface area contributed by atoms with E-state index in [-0.39, 0.29) is 12.7 Å². The molecule has 2 aliphatic heterocycles. The Bertz CT molecular complexity index is 1320. The number of anilines is 1. The van der Waals surface area contributed by atoms with Crippen LogP contribution in [0.4, 0.5) is 5.69 Å². The summed E-state index contributed by atoms with van der Waals surface area (Å²) in [5.74, 6) is 3.77. The van der Waals surface area contributed by atoms with Gasteiger partial charge in [-0.05, 0) is 75.3 Å². The molecule has 9 heteroatoms. The molecule has 212 valence electrons. The number of fused-ring (bicyclic) bond motifs is 2. The monoisotopic (exact) mass is 564 g/mol. The number of nitrogens with zero attached hydrogens (tertiary/aromatic N) is 2. The third-order valence-electron chi connectivity index (χ3n) is 7.01. The number of methoxy groups -OCH3 is 1. The first-order chi connectivity index (χ1) is 19.5. The van der Waals surface area contributed by atoms with E-state index in [1.165, 1.54) is 0 Å². The van der Waals surface area contributed by atoms with Crippen LogP contribution in [0.1, 0.15) is 30.1 Å². The van der Waals surface area contributed by atoms with Gasteiger partial charge in [0, 0.05) is 30.1 Å². The molecule has 8 nitrogen and oxygen atoms in total. The van der Waals surface area contributed by atoms with Gasteiger partial charge in [0.05, 0.1) is 26.0 Å². The van der Waals surface area contributed by atoms with E-state index in [0.29, 0.717) is 19.0 Å². The third kappa shape index (κ3) is 6.59.